The van der Waals surface area contributed by atoms with Crippen molar-refractivity contribution in [2.24, 2.45) is 0 Å². The number of Topliss-reactive ketones (excluding diaryl/α,β-unsaturated/α-hetero) is 1. The third-order valence-electron chi connectivity index (χ3n) is 2.66. The lowest BCUT2D eigenvalue weighted by Crippen LogP contribution is -2.30. The van der Waals surface area contributed by atoms with E-state index in [9.17, 15) is 4.79 Å². The second kappa shape index (κ2) is 3.87. The Labute approximate surface area is 88.7 Å². The summed E-state index contributed by atoms with van der Waals surface area (Å²) in [6.45, 7) is 1.87. The van der Waals surface area contributed by atoms with Crippen LogP contribution in [0.4, 0.5) is 0 Å². The standard InChI is InChI=1S/C12H14N2O/c1-9(13-2)12(15)10-6-8-14-7-4-3-5-11(10)14/h3-9,13H,1-2H3/t9-/m1/s1. The van der Waals surface area contributed by atoms with Crippen LogP contribution in [0.5, 0.6) is 0 Å². The molecular formula is C12H14N2O. The summed E-state index contributed by atoms with van der Waals surface area (Å²) in [4.78, 5) is 12.0. The Morgan fingerprint density at radius 3 is 2.87 bits per heavy atom. The summed E-state index contributed by atoms with van der Waals surface area (Å²) >= 11 is 0. The molecule has 0 aliphatic heterocycles. The van der Waals surface area contributed by atoms with E-state index in [-0.39, 0.29) is 11.8 Å². The molecule has 0 spiro atoms. The van der Waals surface area contributed by atoms with Crippen LogP contribution in [0, 0.1) is 0 Å². The first-order valence-electron chi connectivity index (χ1n) is 5.01. The van der Waals surface area contributed by atoms with Crippen LogP contribution in [0.2, 0.25) is 0 Å². The third kappa shape index (κ3) is 1.66. The van der Waals surface area contributed by atoms with Crippen molar-refractivity contribution in [3.05, 3.63) is 42.2 Å². The van der Waals surface area contributed by atoms with E-state index in [2.05, 4.69) is 5.32 Å². The lowest BCUT2D eigenvalue weighted by Gasteiger charge is -2.07. The quantitative estimate of drug-likeness (QED) is 0.769. The second-order valence-electron chi connectivity index (χ2n) is 3.60. The molecule has 0 unspecified atom stereocenters. The van der Waals surface area contributed by atoms with Crippen LogP contribution >= 0.6 is 0 Å². The first kappa shape index (κ1) is 9.93. The van der Waals surface area contributed by atoms with Crippen LogP contribution in [-0.2, 0) is 0 Å². The third-order valence-corrected chi connectivity index (χ3v) is 2.66. The number of fused-ring (bicyclic) bond motifs is 1. The fourth-order valence-corrected chi connectivity index (χ4v) is 1.63. The summed E-state index contributed by atoms with van der Waals surface area (Å²) in [5, 5.41) is 2.96. The highest BCUT2D eigenvalue weighted by Gasteiger charge is 2.16. The Morgan fingerprint density at radius 2 is 2.13 bits per heavy atom. The summed E-state index contributed by atoms with van der Waals surface area (Å²) in [7, 11) is 1.79. The van der Waals surface area contributed by atoms with Gasteiger partial charge < -0.3 is 9.72 Å². The number of aromatic nitrogens is 1. The normalized spacial score (nSPS) is 12.9. The SMILES string of the molecule is CN[C@H](C)C(=O)c1ccn2ccccc12. The molecule has 0 amide bonds. The van der Waals surface area contributed by atoms with Crippen molar-refractivity contribution >= 4 is 11.3 Å². The van der Waals surface area contributed by atoms with E-state index in [4.69, 9.17) is 0 Å². The van der Waals surface area contributed by atoms with Crippen LogP contribution < -0.4 is 5.32 Å². The Hall–Kier alpha value is -1.61. The molecule has 1 N–H and O–H groups in total. The molecule has 1 atom stereocenters. The van der Waals surface area contributed by atoms with Gasteiger partial charge in [-0.25, -0.2) is 0 Å². The molecule has 3 heteroatoms. The number of carbonyl (C=O) groups is 1. The monoisotopic (exact) mass is 202 g/mol. The fourth-order valence-electron chi connectivity index (χ4n) is 1.63. The number of nitrogens with one attached hydrogen (secondary N) is 1. The number of ketones is 1. The van der Waals surface area contributed by atoms with E-state index in [1.54, 1.807) is 7.05 Å². The second-order valence-corrected chi connectivity index (χ2v) is 3.60. The maximum atomic E-state index is 12.0. The summed E-state index contributed by atoms with van der Waals surface area (Å²) in [5.74, 6) is 0.131. The Morgan fingerprint density at radius 1 is 1.33 bits per heavy atom. The highest BCUT2D eigenvalue weighted by molar-refractivity contribution is 6.05. The molecule has 2 heterocycles. The number of nitrogens with zero attached hydrogens (tertiary/aromatic N) is 1. The predicted octanol–water partition coefficient (Wildman–Crippen LogP) is 1.73. The maximum Gasteiger partial charge on any atom is 0.181 e. The van der Waals surface area contributed by atoms with Crippen molar-refractivity contribution in [1.29, 1.82) is 0 Å². The van der Waals surface area contributed by atoms with Gasteiger partial charge in [0.05, 0.1) is 11.6 Å². The van der Waals surface area contributed by atoms with Crippen molar-refractivity contribution in [2.75, 3.05) is 7.05 Å². The molecule has 0 fully saturated rings. The summed E-state index contributed by atoms with van der Waals surface area (Å²) < 4.78 is 1.95. The van der Waals surface area contributed by atoms with Crippen molar-refractivity contribution in [1.82, 2.24) is 9.72 Å². The van der Waals surface area contributed by atoms with Gasteiger partial charge in [-0.05, 0) is 32.2 Å². The molecule has 2 rings (SSSR count). The number of hydrogen-bond donors (Lipinski definition) is 1. The van der Waals surface area contributed by atoms with Crippen LogP contribution in [0.25, 0.3) is 5.52 Å². The molecule has 0 bridgehead atoms. The van der Waals surface area contributed by atoms with E-state index in [1.165, 1.54) is 0 Å². The Balaban J connectivity index is 2.48. The topological polar surface area (TPSA) is 33.5 Å². The Bertz CT molecular complexity index is 487. The van der Waals surface area contributed by atoms with Gasteiger partial charge in [0, 0.05) is 18.0 Å². The van der Waals surface area contributed by atoms with Gasteiger partial charge in [-0.2, -0.15) is 0 Å². The molecule has 2 aromatic heterocycles. The molecule has 0 saturated carbocycles. The number of rotatable bonds is 3. The first-order valence-corrected chi connectivity index (χ1v) is 5.01. The van der Waals surface area contributed by atoms with Gasteiger partial charge in [-0.1, -0.05) is 6.07 Å². The molecule has 0 aliphatic carbocycles. The average Bonchev–Trinajstić information content (AvgIpc) is 2.70. The van der Waals surface area contributed by atoms with Crippen molar-refractivity contribution in [3.63, 3.8) is 0 Å². The zero-order valence-corrected chi connectivity index (χ0v) is 8.90. The molecule has 0 aromatic carbocycles. The number of likely N-dealkylation sites (N-methyl/N-ethyl adjacent to an activating group) is 1. The van der Waals surface area contributed by atoms with Gasteiger partial charge in [0.2, 0.25) is 0 Å². The van der Waals surface area contributed by atoms with Crippen LogP contribution in [0.1, 0.15) is 17.3 Å². The smallest absolute Gasteiger partial charge is 0.181 e. The van der Waals surface area contributed by atoms with E-state index in [0.717, 1.165) is 11.1 Å². The molecule has 0 radical (unpaired) electrons. The predicted molar refractivity (Wildman–Crippen MR) is 60.2 cm³/mol. The fraction of sp³-hybridized carbons (Fsp3) is 0.250. The molecule has 78 valence electrons. The Kier molecular flexibility index (Phi) is 2.56. The van der Waals surface area contributed by atoms with Gasteiger partial charge >= 0.3 is 0 Å². The van der Waals surface area contributed by atoms with E-state index < -0.39 is 0 Å². The lowest BCUT2D eigenvalue weighted by atomic mass is 10.1. The molecule has 15 heavy (non-hydrogen) atoms. The summed E-state index contributed by atoms with van der Waals surface area (Å²) in [5.41, 5.74) is 1.74. The first-order chi connectivity index (χ1) is 7.24. The zero-order valence-electron chi connectivity index (χ0n) is 8.90. The number of hydrogen-bond acceptors (Lipinski definition) is 2. The van der Waals surface area contributed by atoms with Gasteiger partial charge in [0.15, 0.2) is 5.78 Å². The van der Waals surface area contributed by atoms with Gasteiger partial charge in [0.25, 0.3) is 0 Å². The van der Waals surface area contributed by atoms with Crippen LogP contribution in [0.15, 0.2) is 36.7 Å². The van der Waals surface area contributed by atoms with E-state index in [0.29, 0.717) is 0 Å². The summed E-state index contributed by atoms with van der Waals surface area (Å²) in [6, 6.07) is 7.57. The molecule has 3 nitrogen and oxygen atoms in total. The summed E-state index contributed by atoms with van der Waals surface area (Å²) in [6.07, 6.45) is 3.85. The van der Waals surface area contributed by atoms with Gasteiger partial charge in [-0.15, -0.1) is 0 Å². The van der Waals surface area contributed by atoms with E-state index in [1.807, 2.05) is 48.0 Å². The lowest BCUT2D eigenvalue weighted by molar-refractivity contribution is 0.0957. The van der Waals surface area contributed by atoms with Gasteiger partial charge in [-0.3, -0.25) is 4.79 Å². The molecule has 0 aliphatic rings. The van der Waals surface area contributed by atoms with Crippen molar-refractivity contribution < 1.29 is 4.79 Å². The maximum absolute atomic E-state index is 12.0. The minimum absolute atomic E-state index is 0.131. The molecule has 0 saturated heterocycles. The molecule has 2 aromatic rings. The van der Waals surface area contributed by atoms with Gasteiger partial charge in [0.1, 0.15) is 0 Å². The number of pyridine rings is 1. The minimum Gasteiger partial charge on any atom is -0.323 e. The minimum atomic E-state index is -0.142. The largest absolute Gasteiger partial charge is 0.323 e. The molecular weight excluding hydrogens is 188 g/mol. The average molecular weight is 202 g/mol. The highest BCUT2D eigenvalue weighted by atomic mass is 16.1. The number of carbonyl (C=O) groups excluding carboxylic acids is 1. The van der Waals surface area contributed by atoms with Crippen LogP contribution in [0.3, 0.4) is 0 Å². The zero-order chi connectivity index (χ0) is 10.8. The van der Waals surface area contributed by atoms with Crippen LogP contribution in [-0.4, -0.2) is 23.3 Å². The van der Waals surface area contributed by atoms with E-state index >= 15 is 0 Å². The highest BCUT2D eigenvalue weighted by Crippen LogP contribution is 2.14. The van der Waals surface area contributed by atoms with Crippen molar-refractivity contribution in [3.8, 4) is 0 Å². The van der Waals surface area contributed by atoms with Crippen molar-refractivity contribution in [2.45, 2.75) is 13.0 Å².